The Morgan fingerprint density at radius 3 is 2.55 bits per heavy atom. The lowest BCUT2D eigenvalue weighted by molar-refractivity contribution is 0.0700. The largest absolute Gasteiger partial charge is 0.379 e. The fraction of sp³-hybridized carbons (Fsp3) is 0.700. The Labute approximate surface area is 136 Å². The van der Waals surface area contributed by atoms with E-state index in [-0.39, 0.29) is 0 Å². The molecule has 1 aliphatic carbocycles. The Morgan fingerprint density at radius 2 is 1.95 bits per heavy atom. The van der Waals surface area contributed by atoms with Crippen molar-refractivity contribution in [1.82, 2.24) is 4.90 Å². The van der Waals surface area contributed by atoms with Crippen molar-refractivity contribution >= 4 is 5.69 Å². The molecule has 122 valence electrons. The SMILES string of the molecule is CCC1(CCN2CC(Nc3ccccc3C(C)C)C2)CCC1. The molecule has 1 aromatic carbocycles. The first kappa shape index (κ1) is 15.9. The van der Waals surface area contributed by atoms with E-state index in [1.54, 1.807) is 0 Å². The van der Waals surface area contributed by atoms with Crippen LogP contribution in [0.15, 0.2) is 24.3 Å². The summed E-state index contributed by atoms with van der Waals surface area (Å²) < 4.78 is 0. The van der Waals surface area contributed by atoms with E-state index in [1.165, 1.54) is 63.0 Å². The molecule has 1 aliphatic heterocycles. The second kappa shape index (κ2) is 6.62. The lowest BCUT2D eigenvalue weighted by atomic mass is 9.65. The van der Waals surface area contributed by atoms with E-state index >= 15 is 0 Å². The minimum atomic E-state index is 0.586. The molecule has 1 aromatic rings. The Morgan fingerprint density at radius 1 is 1.23 bits per heavy atom. The number of nitrogens with zero attached hydrogens (tertiary/aromatic N) is 1. The molecule has 0 atom stereocenters. The molecule has 1 saturated heterocycles. The first-order valence-corrected chi connectivity index (χ1v) is 9.20. The summed E-state index contributed by atoms with van der Waals surface area (Å²) in [4.78, 5) is 2.63. The van der Waals surface area contributed by atoms with Gasteiger partial charge in [0.2, 0.25) is 0 Å². The summed E-state index contributed by atoms with van der Waals surface area (Å²) in [6.07, 6.45) is 7.20. The highest BCUT2D eigenvalue weighted by atomic mass is 15.2. The van der Waals surface area contributed by atoms with Crippen molar-refractivity contribution < 1.29 is 0 Å². The van der Waals surface area contributed by atoms with Gasteiger partial charge in [-0.3, -0.25) is 4.90 Å². The Hall–Kier alpha value is -1.02. The summed E-state index contributed by atoms with van der Waals surface area (Å²) in [5, 5.41) is 3.76. The smallest absolute Gasteiger partial charge is 0.0515 e. The average molecular weight is 300 g/mol. The van der Waals surface area contributed by atoms with Gasteiger partial charge in [-0.1, -0.05) is 51.8 Å². The van der Waals surface area contributed by atoms with Gasteiger partial charge in [-0.15, -0.1) is 0 Å². The molecule has 0 bridgehead atoms. The van der Waals surface area contributed by atoms with Crippen molar-refractivity contribution in [3.05, 3.63) is 29.8 Å². The molecule has 0 aromatic heterocycles. The van der Waals surface area contributed by atoms with Gasteiger partial charge in [0.05, 0.1) is 6.04 Å². The van der Waals surface area contributed by atoms with Gasteiger partial charge in [-0.2, -0.15) is 0 Å². The summed E-state index contributed by atoms with van der Waals surface area (Å²) in [5.74, 6) is 0.586. The van der Waals surface area contributed by atoms with Crippen LogP contribution in [-0.4, -0.2) is 30.6 Å². The molecule has 2 fully saturated rings. The lowest BCUT2D eigenvalue weighted by Crippen LogP contribution is -2.55. The standard InChI is InChI=1S/C20H32N2/c1-4-20(10-7-11-20)12-13-22-14-17(15-22)21-19-9-6-5-8-18(19)16(2)3/h5-6,8-9,16-17,21H,4,7,10-15H2,1-3H3. The van der Waals surface area contributed by atoms with E-state index in [4.69, 9.17) is 0 Å². The number of rotatable bonds is 7. The third kappa shape index (κ3) is 3.32. The van der Waals surface area contributed by atoms with Gasteiger partial charge in [-0.25, -0.2) is 0 Å². The predicted octanol–water partition coefficient (Wildman–Crippen LogP) is 4.88. The van der Waals surface area contributed by atoms with E-state index in [1.807, 2.05) is 0 Å². The molecule has 22 heavy (non-hydrogen) atoms. The number of nitrogens with one attached hydrogen (secondary N) is 1. The predicted molar refractivity (Wildman–Crippen MR) is 95.6 cm³/mol. The van der Waals surface area contributed by atoms with Crippen LogP contribution >= 0.6 is 0 Å². The van der Waals surface area contributed by atoms with Crippen molar-refractivity contribution in [3.63, 3.8) is 0 Å². The number of hydrogen-bond acceptors (Lipinski definition) is 2. The van der Waals surface area contributed by atoms with Crippen molar-refractivity contribution in [1.29, 1.82) is 0 Å². The fourth-order valence-corrected chi connectivity index (χ4v) is 4.05. The van der Waals surface area contributed by atoms with Crippen molar-refractivity contribution in [3.8, 4) is 0 Å². The second-order valence-electron chi connectivity index (χ2n) is 7.80. The number of likely N-dealkylation sites (tertiary alicyclic amines) is 1. The zero-order chi connectivity index (χ0) is 15.6. The van der Waals surface area contributed by atoms with E-state index in [9.17, 15) is 0 Å². The third-order valence-corrected chi connectivity index (χ3v) is 6.02. The maximum Gasteiger partial charge on any atom is 0.0515 e. The van der Waals surface area contributed by atoms with Gasteiger partial charge in [0, 0.05) is 18.8 Å². The van der Waals surface area contributed by atoms with Crippen LogP contribution in [0.25, 0.3) is 0 Å². The molecule has 1 N–H and O–H groups in total. The highest BCUT2D eigenvalue weighted by molar-refractivity contribution is 5.53. The first-order valence-electron chi connectivity index (χ1n) is 9.20. The third-order valence-electron chi connectivity index (χ3n) is 6.02. The molecule has 2 nitrogen and oxygen atoms in total. The van der Waals surface area contributed by atoms with E-state index in [2.05, 4.69) is 55.3 Å². The molecule has 2 aliphatic rings. The molecular formula is C20H32N2. The number of anilines is 1. The van der Waals surface area contributed by atoms with Crippen molar-refractivity contribution in [2.45, 2.75) is 64.8 Å². The van der Waals surface area contributed by atoms with Crippen LogP contribution in [0.3, 0.4) is 0 Å². The summed E-state index contributed by atoms with van der Waals surface area (Å²) in [6.45, 7) is 10.7. The van der Waals surface area contributed by atoms with E-state index in [0.29, 0.717) is 17.4 Å². The first-order chi connectivity index (χ1) is 10.6. The van der Waals surface area contributed by atoms with Gasteiger partial charge in [0.15, 0.2) is 0 Å². The number of hydrogen-bond donors (Lipinski definition) is 1. The Bertz CT molecular complexity index is 479. The van der Waals surface area contributed by atoms with Gasteiger partial charge in [0.25, 0.3) is 0 Å². The second-order valence-corrected chi connectivity index (χ2v) is 7.80. The topological polar surface area (TPSA) is 15.3 Å². The van der Waals surface area contributed by atoms with Crippen molar-refractivity contribution in [2.24, 2.45) is 5.41 Å². The van der Waals surface area contributed by atoms with E-state index < -0.39 is 0 Å². The van der Waals surface area contributed by atoms with Gasteiger partial charge in [-0.05, 0) is 48.8 Å². The normalized spacial score (nSPS) is 21.5. The summed E-state index contributed by atoms with van der Waals surface area (Å²) in [7, 11) is 0. The average Bonchev–Trinajstić information content (AvgIpc) is 2.43. The molecular weight excluding hydrogens is 268 g/mol. The van der Waals surface area contributed by atoms with Crippen LogP contribution in [0.2, 0.25) is 0 Å². The minimum Gasteiger partial charge on any atom is -0.379 e. The molecule has 0 unspecified atom stereocenters. The molecule has 0 spiro atoms. The van der Waals surface area contributed by atoms with Gasteiger partial charge in [0.1, 0.15) is 0 Å². The monoisotopic (exact) mass is 300 g/mol. The highest BCUT2D eigenvalue weighted by Gasteiger charge is 2.36. The summed E-state index contributed by atoms with van der Waals surface area (Å²) >= 11 is 0. The van der Waals surface area contributed by atoms with Gasteiger partial charge < -0.3 is 5.32 Å². The maximum absolute atomic E-state index is 3.76. The molecule has 0 radical (unpaired) electrons. The zero-order valence-corrected chi connectivity index (χ0v) is 14.6. The summed E-state index contributed by atoms with van der Waals surface area (Å²) in [6, 6.07) is 9.42. The quantitative estimate of drug-likeness (QED) is 0.772. The van der Waals surface area contributed by atoms with Crippen LogP contribution in [0.1, 0.15) is 64.4 Å². The fourth-order valence-electron chi connectivity index (χ4n) is 4.05. The molecule has 2 heteroatoms. The van der Waals surface area contributed by atoms with Crippen LogP contribution < -0.4 is 5.32 Å². The molecule has 1 heterocycles. The number of para-hydroxylation sites is 1. The van der Waals surface area contributed by atoms with Crippen molar-refractivity contribution in [2.75, 3.05) is 25.0 Å². The maximum atomic E-state index is 3.76. The minimum absolute atomic E-state index is 0.586. The van der Waals surface area contributed by atoms with Crippen LogP contribution in [0.5, 0.6) is 0 Å². The Balaban J connectivity index is 1.44. The Kier molecular flexibility index (Phi) is 4.77. The molecule has 1 saturated carbocycles. The zero-order valence-electron chi connectivity index (χ0n) is 14.6. The molecule has 3 rings (SSSR count). The van der Waals surface area contributed by atoms with Crippen LogP contribution in [0.4, 0.5) is 5.69 Å². The lowest BCUT2D eigenvalue weighted by Gasteiger charge is -2.46. The van der Waals surface area contributed by atoms with E-state index in [0.717, 1.165) is 0 Å². The van der Waals surface area contributed by atoms with Crippen LogP contribution in [0, 0.1) is 5.41 Å². The number of benzene rings is 1. The van der Waals surface area contributed by atoms with Gasteiger partial charge >= 0.3 is 0 Å². The van der Waals surface area contributed by atoms with Crippen LogP contribution in [-0.2, 0) is 0 Å². The highest BCUT2D eigenvalue weighted by Crippen LogP contribution is 2.46. The molecule has 0 amide bonds. The summed E-state index contributed by atoms with van der Waals surface area (Å²) in [5.41, 5.74) is 3.49.